The van der Waals surface area contributed by atoms with Crippen molar-refractivity contribution in [2.45, 2.75) is 32.2 Å². The number of rotatable bonds is 5. The van der Waals surface area contributed by atoms with Crippen LogP contribution >= 0.6 is 0 Å². The van der Waals surface area contributed by atoms with Crippen LogP contribution in [-0.4, -0.2) is 36.1 Å². The van der Waals surface area contributed by atoms with Gasteiger partial charge in [-0.15, -0.1) is 15.3 Å². The minimum Gasteiger partial charge on any atom is -0.367 e. The minimum atomic E-state index is 0.537. The van der Waals surface area contributed by atoms with Crippen molar-refractivity contribution in [2.75, 3.05) is 11.9 Å². The van der Waals surface area contributed by atoms with Gasteiger partial charge in [-0.05, 0) is 37.5 Å². The number of hydrogen-bond acceptors (Lipinski definition) is 5. The highest BCUT2D eigenvalue weighted by Crippen LogP contribution is 2.38. The van der Waals surface area contributed by atoms with Crippen LogP contribution < -0.4 is 5.32 Å². The molecule has 7 heteroatoms. The SMILES string of the molecule is Cc1cnn(CCNc2ccc3nnc(C4CC4)n3n2)c1. The summed E-state index contributed by atoms with van der Waals surface area (Å²) in [5.74, 6) is 2.36. The molecule has 7 nitrogen and oxygen atoms in total. The Labute approximate surface area is 122 Å². The Morgan fingerprint density at radius 1 is 1.29 bits per heavy atom. The fraction of sp³-hybridized carbons (Fsp3) is 0.429. The van der Waals surface area contributed by atoms with Gasteiger partial charge in [0.2, 0.25) is 0 Å². The van der Waals surface area contributed by atoms with E-state index < -0.39 is 0 Å². The van der Waals surface area contributed by atoms with E-state index in [1.54, 1.807) is 0 Å². The van der Waals surface area contributed by atoms with E-state index in [0.717, 1.165) is 30.4 Å². The van der Waals surface area contributed by atoms with Crippen molar-refractivity contribution in [3.63, 3.8) is 0 Å². The van der Waals surface area contributed by atoms with Crippen LogP contribution in [0.25, 0.3) is 5.65 Å². The maximum atomic E-state index is 4.58. The molecule has 3 aromatic rings. The molecule has 1 aliphatic carbocycles. The van der Waals surface area contributed by atoms with E-state index in [1.165, 1.54) is 18.4 Å². The highest BCUT2D eigenvalue weighted by atomic mass is 15.4. The van der Waals surface area contributed by atoms with Gasteiger partial charge < -0.3 is 5.32 Å². The molecule has 108 valence electrons. The second kappa shape index (κ2) is 4.83. The average Bonchev–Trinajstić information content (AvgIpc) is 3.11. The number of fused-ring (bicyclic) bond motifs is 1. The van der Waals surface area contributed by atoms with Crippen molar-refractivity contribution in [3.8, 4) is 0 Å². The molecule has 0 unspecified atom stereocenters. The highest BCUT2D eigenvalue weighted by molar-refractivity contribution is 5.44. The molecular weight excluding hydrogens is 266 g/mol. The van der Waals surface area contributed by atoms with Crippen molar-refractivity contribution in [3.05, 3.63) is 35.9 Å². The molecule has 0 spiro atoms. The molecule has 0 aliphatic heterocycles. The number of nitrogens with one attached hydrogen (secondary N) is 1. The van der Waals surface area contributed by atoms with Crippen molar-refractivity contribution < 1.29 is 0 Å². The summed E-state index contributed by atoms with van der Waals surface area (Å²) in [6.45, 7) is 3.63. The Morgan fingerprint density at radius 3 is 2.95 bits per heavy atom. The lowest BCUT2D eigenvalue weighted by Gasteiger charge is -2.06. The maximum Gasteiger partial charge on any atom is 0.178 e. The first-order valence-electron chi connectivity index (χ1n) is 7.25. The van der Waals surface area contributed by atoms with Gasteiger partial charge in [0, 0.05) is 18.7 Å². The molecule has 3 heterocycles. The van der Waals surface area contributed by atoms with Crippen LogP contribution in [0.1, 0.15) is 30.1 Å². The van der Waals surface area contributed by atoms with Crippen LogP contribution in [-0.2, 0) is 6.54 Å². The summed E-state index contributed by atoms with van der Waals surface area (Å²) >= 11 is 0. The topological polar surface area (TPSA) is 72.9 Å². The summed E-state index contributed by atoms with van der Waals surface area (Å²) in [5.41, 5.74) is 1.98. The number of anilines is 1. The fourth-order valence-corrected chi connectivity index (χ4v) is 2.38. The van der Waals surface area contributed by atoms with Crippen LogP contribution in [0.5, 0.6) is 0 Å². The van der Waals surface area contributed by atoms with E-state index in [9.17, 15) is 0 Å². The smallest absolute Gasteiger partial charge is 0.178 e. The van der Waals surface area contributed by atoms with Crippen LogP contribution in [0.2, 0.25) is 0 Å². The van der Waals surface area contributed by atoms with Gasteiger partial charge in [-0.2, -0.15) is 9.61 Å². The fourth-order valence-electron chi connectivity index (χ4n) is 2.38. The van der Waals surface area contributed by atoms with E-state index in [4.69, 9.17) is 0 Å². The Morgan fingerprint density at radius 2 is 2.19 bits per heavy atom. The Hall–Kier alpha value is -2.44. The van der Waals surface area contributed by atoms with Crippen molar-refractivity contribution in [1.29, 1.82) is 0 Å². The predicted octanol–water partition coefficient (Wildman–Crippen LogP) is 1.62. The standard InChI is InChI=1S/C14H17N7/c1-10-8-16-20(9-10)7-6-15-12-4-5-13-17-18-14(11-2-3-11)21(13)19-12/h4-5,8-9,11H,2-3,6-7H2,1H3,(H,15,19). The molecule has 21 heavy (non-hydrogen) atoms. The third-order valence-electron chi connectivity index (χ3n) is 3.64. The van der Waals surface area contributed by atoms with Crippen LogP contribution in [0.4, 0.5) is 5.82 Å². The van der Waals surface area contributed by atoms with Gasteiger partial charge in [0.1, 0.15) is 5.82 Å². The Kier molecular flexibility index (Phi) is 2.83. The zero-order chi connectivity index (χ0) is 14.2. The third kappa shape index (κ3) is 2.46. The second-order valence-corrected chi connectivity index (χ2v) is 5.53. The lowest BCUT2D eigenvalue weighted by molar-refractivity contribution is 0.635. The number of aromatic nitrogens is 6. The minimum absolute atomic E-state index is 0.537. The Balaban J connectivity index is 1.47. The summed E-state index contributed by atoms with van der Waals surface area (Å²) in [6, 6.07) is 3.89. The van der Waals surface area contributed by atoms with Crippen LogP contribution in [0.3, 0.4) is 0 Å². The van der Waals surface area contributed by atoms with Crippen molar-refractivity contribution >= 4 is 11.5 Å². The molecule has 1 saturated carbocycles. The van der Waals surface area contributed by atoms with Gasteiger partial charge in [-0.25, -0.2) is 0 Å². The number of aryl methyl sites for hydroxylation is 1. The average molecular weight is 283 g/mol. The first-order valence-corrected chi connectivity index (χ1v) is 7.25. The summed E-state index contributed by atoms with van der Waals surface area (Å²) in [5, 5.41) is 20.6. The van der Waals surface area contributed by atoms with Crippen LogP contribution in [0, 0.1) is 6.92 Å². The molecule has 0 radical (unpaired) electrons. The van der Waals surface area contributed by atoms with Gasteiger partial charge in [0.25, 0.3) is 0 Å². The number of nitrogens with zero attached hydrogens (tertiary/aromatic N) is 6. The molecule has 1 aliphatic rings. The Bertz CT molecular complexity index is 769. The van der Waals surface area contributed by atoms with Crippen molar-refractivity contribution in [1.82, 2.24) is 29.6 Å². The molecule has 4 rings (SSSR count). The van der Waals surface area contributed by atoms with Gasteiger partial charge in [-0.1, -0.05) is 0 Å². The van der Waals surface area contributed by atoms with E-state index >= 15 is 0 Å². The van der Waals surface area contributed by atoms with Gasteiger partial charge in [0.05, 0.1) is 12.7 Å². The summed E-state index contributed by atoms with van der Waals surface area (Å²) in [7, 11) is 0. The highest BCUT2D eigenvalue weighted by Gasteiger charge is 2.29. The molecule has 0 atom stereocenters. The zero-order valence-electron chi connectivity index (χ0n) is 11.9. The quantitative estimate of drug-likeness (QED) is 0.770. The largest absolute Gasteiger partial charge is 0.367 e. The number of hydrogen-bond donors (Lipinski definition) is 1. The molecule has 0 saturated heterocycles. The van der Waals surface area contributed by atoms with Gasteiger partial charge in [0.15, 0.2) is 11.5 Å². The first-order chi connectivity index (χ1) is 10.3. The van der Waals surface area contributed by atoms with Gasteiger partial charge in [-0.3, -0.25) is 4.68 Å². The molecule has 0 aromatic carbocycles. The second-order valence-electron chi connectivity index (χ2n) is 5.53. The molecule has 0 bridgehead atoms. The zero-order valence-corrected chi connectivity index (χ0v) is 11.9. The summed E-state index contributed by atoms with van der Waals surface area (Å²) in [4.78, 5) is 0. The van der Waals surface area contributed by atoms with E-state index in [0.29, 0.717) is 5.92 Å². The monoisotopic (exact) mass is 283 g/mol. The lowest BCUT2D eigenvalue weighted by Crippen LogP contribution is -2.12. The molecular formula is C14H17N7. The third-order valence-corrected chi connectivity index (χ3v) is 3.64. The first kappa shape index (κ1) is 12.3. The molecule has 3 aromatic heterocycles. The maximum absolute atomic E-state index is 4.58. The van der Waals surface area contributed by atoms with Gasteiger partial charge >= 0.3 is 0 Å². The van der Waals surface area contributed by atoms with Crippen LogP contribution in [0.15, 0.2) is 24.5 Å². The predicted molar refractivity (Wildman–Crippen MR) is 78.2 cm³/mol. The van der Waals surface area contributed by atoms with E-state index in [1.807, 2.05) is 40.6 Å². The summed E-state index contributed by atoms with van der Waals surface area (Å²) in [6.07, 6.45) is 6.28. The summed E-state index contributed by atoms with van der Waals surface area (Å²) < 4.78 is 3.79. The lowest BCUT2D eigenvalue weighted by atomic mass is 10.4. The van der Waals surface area contributed by atoms with Crippen molar-refractivity contribution in [2.24, 2.45) is 0 Å². The molecule has 1 fully saturated rings. The van der Waals surface area contributed by atoms with E-state index in [-0.39, 0.29) is 0 Å². The molecule has 1 N–H and O–H groups in total. The molecule has 0 amide bonds. The van der Waals surface area contributed by atoms with E-state index in [2.05, 4.69) is 25.7 Å². The normalized spacial score (nSPS) is 14.7.